The lowest BCUT2D eigenvalue weighted by atomic mass is 10.1. The normalized spacial score (nSPS) is 18.0. The van der Waals surface area contributed by atoms with Crippen molar-refractivity contribution in [1.29, 1.82) is 0 Å². The molecule has 1 aliphatic carbocycles. The number of H-pyrrole nitrogens is 1. The maximum absolute atomic E-state index is 12.3. The van der Waals surface area contributed by atoms with Crippen LogP contribution in [0.15, 0.2) is 35.1 Å². The molecule has 4 nitrogen and oxygen atoms in total. The highest BCUT2D eigenvalue weighted by molar-refractivity contribution is 7.19. The molecule has 0 unspecified atom stereocenters. The van der Waals surface area contributed by atoms with Gasteiger partial charge in [0, 0.05) is 40.7 Å². The van der Waals surface area contributed by atoms with E-state index in [1.165, 1.54) is 15.0 Å². The Morgan fingerprint density at radius 3 is 3.00 bits per heavy atom. The van der Waals surface area contributed by atoms with Gasteiger partial charge in [-0.15, -0.1) is 11.3 Å². The van der Waals surface area contributed by atoms with Gasteiger partial charge in [-0.1, -0.05) is 18.2 Å². The molecule has 2 aliphatic rings. The maximum atomic E-state index is 12.3. The van der Waals surface area contributed by atoms with Crippen LogP contribution >= 0.6 is 11.3 Å². The molecule has 0 spiro atoms. The molecule has 1 aromatic carbocycles. The van der Waals surface area contributed by atoms with Crippen molar-refractivity contribution >= 4 is 21.4 Å². The van der Waals surface area contributed by atoms with Gasteiger partial charge in [-0.3, -0.25) is 9.69 Å². The number of aromatic amines is 1. The quantitative estimate of drug-likeness (QED) is 0.797. The molecule has 0 amide bonds. The van der Waals surface area contributed by atoms with Crippen molar-refractivity contribution < 1.29 is 0 Å². The van der Waals surface area contributed by atoms with Crippen LogP contribution in [0.25, 0.3) is 10.1 Å². The third-order valence-corrected chi connectivity index (χ3v) is 6.09. The predicted octanol–water partition coefficient (Wildman–Crippen LogP) is 3.42. The molecule has 5 heteroatoms. The lowest BCUT2D eigenvalue weighted by Crippen LogP contribution is -2.35. The molecule has 0 atom stereocenters. The third-order valence-electron chi connectivity index (χ3n) is 4.99. The van der Waals surface area contributed by atoms with E-state index in [0.29, 0.717) is 5.92 Å². The molecular formula is C19H19N3OS. The fourth-order valence-electron chi connectivity index (χ4n) is 3.53. The molecular weight excluding hydrogens is 318 g/mol. The molecule has 3 aromatic rings. The summed E-state index contributed by atoms with van der Waals surface area (Å²) in [5, 5.41) is 1.32. The van der Waals surface area contributed by atoms with Crippen LogP contribution < -0.4 is 5.56 Å². The number of hydrogen-bond acceptors (Lipinski definition) is 4. The smallest absolute Gasteiger partial charge is 0.254 e. The number of nitrogens with one attached hydrogen (secondary N) is 1. The summed E-state index contributed by atoms with van der Waals surface area (Å²) >= 11 is 1.86. The van der Waals surface area contributed by atoms with Crippen LogP contribution in [-0.4, -0.2) is 21.4 Å². The summed E-state index contributed by atoms with van der Waals surface area (Å²) in [5.41, 5.74) is 1.98. The van der Waals surface area contributed by atoms with Gasteiger partial charge in [0.25, 0.3) is 5.56 Å². The minimum Gasteiger partial charge on any atom is -0.310 e. The molecule has 0 bridgehead atoms. The van der Waals surface area contributed by atoms with Gasteiger partial charge in [-0.2, -0.15) is 0 Å². The summed E-state index contributed by atoms with van der Waals surface area (Å²) in [6.07, 6.45) is 3.12. The van der Waals surface area contributed by atoms with E-state index in [-0.39, 0.29) is 5.56 Å². The Morgan fingerprint density at radius 2 is 2.17 bits per heavy atom. The first-order valence-electron chi connectivity index (χ1n) is 8.58. The second-order valence-electron chi connectivity index (χ2n) is 6.86. The fraction of sp³-hybridized carbons (Fsp3) is 0.368. The van der Waals surface area contributed by atoms with E-state index in [4.69, 9.17) is 4.98 Å². The Bertz CT molecular complexity index is 937. The van der Waals surface area contributed by atoms with Crippen LogP contribution in [0.5, 0.6) is 0 Å². The molecule has 24 heavy (non-hydrogen) atoms. The van der Waals surface area contributed by atoms with E-state index in [2.05, 4.69) is 40.2 Å². The molecule has 122 valence electrons. The Kier molecular flexibility index (Phi) is 3.31. The molecule has 1 aliphatic heterocycles. The highest BCUT2D eigenvalue weighted by Gasteiger charge is 2.29. The second kappa shape index (κ2) is 5.53. The highest BCUT2D eigenvalue weighted by Crippen LogP contribution is 2.38. The third kappa shape index (κ3) is 2.58. The van der Waals surface area contributed by atoms with E-state index in [0.717, 1.165) is 56.0 Å². The van der Waals surface area contributed by atoms with Gasteiger partial charge in [0.1, 0.15) is 5.82 Å². The lowest BCUT2D eigenvalue weighted by Gasteiger charge is -2.27. The Hall–Kier alpha value is -1.98. The fourth-order valence-corrected chi connectivity index (χ4v) is 4.64. The average Bonchev–Trinajstić information content (AvgIpc) is 3.35. The van der Waals surface area contributed by atoms with Crippen molar-refractivity contribution in [2.45, 2.75) is 38.3 Å². The van der Waals surface area contributed by atoms with E-state index in [1.807, 2.05) is 11.3 Å². The molecule has 0 saturated heterocycles. The van der Waals surface area contributed by atoms with Crippen molar-refractivity contribution in [3.63, 3.8) is 0 Å². The first kappa shape index (κ1) is 14.4. The van der Waals surface area contributed by atoms with Crippen LogP contribution in [0.4, 0.5) is 0 Å². The van der Waals surface area contributed by atoms with Gasteiger partial charge >= 0.3 is 0 Å². The van der Waals surface area contributed by atoms with Crippen LogP contribution in [-0.2, 0) is 19.5 Å². The summed E-state index contributed by atoms with van der Waals surface area (Å²) in [6.45, 7) is 2.65. The summed E-state index contributed by atoms with van der Waals surface area (Å²) < 4.78 is 1.34. The Balaban J connectivity index is 1.40. The Labute approximate surface area is 144 Å². The number of benzene rings is 1. The topological polar surface area (TPSA) is 49.0 Å². The van der Waals surface area contributed by atoms with E-state index >= 15 is 0 Å². The minimum atomic E-state index is 0.0865. The van der Waals surface area contributed by atoms with E-state index in [9.17, 15) is 4.79 Å². The van der Waals surface area contributed by atoms with Crippen molar-refractivity contribution in [3.05, 3.63) is 62.6 Å². The van der Waals surface area contributed by atoms with Gasteiger partial charge < -0.3 is 4.98 Å². The van der Waals surface area contributed by atoms with Gasteiger partial charge in [0.15, 0.2) is 0 Å². The summed E-state index contributed by atoms with van der Waals surface area (Å²) in [4.78, 5) is 23.9. The maximum Gasteiger partial charge on any atom is 0.254 e. The molecule has 0 radical (unpaired) electrons. The number of thiophene rings is 1. The molecule has 3 heterocycles. The zero-order chi connectivity index (χ0) is 16.1. The molecule has 1 N–H and O–H groups in total. The summed E-state index contributed by atoms with van der Waals surface area (Å²) in [7, 11) is 0. The minimum absolute atomic E-state index is 0.0865. The average molecular weight is 337 g/mol. The van der Waals surface area contributed by atoms with Crippen LogP contribution in [0.1, 0.15) is 40.7 Å². The summed E-state index contributed by atoms with van der Waals surface area (Å²) in [5.74, 6) is 1.39. The molecule has 2 aromatic heterocycles. The number of nitrogens with zero attached hydrogens (tertiary/aromatic N) is 2. The van der Waals surface area contributed by atoms with Crippen LogP contribution in [0, 0.1) is 0 Å². The monoisotopic (exact) mass is 337 g/mol. The number of fused-ring (bicyclic) bond motifs is 2. The lowest BCUT2D eigenvalue weighted by molar-refractivity contribution is 0.242. The van der Waals surface area contributed by atoms with Crippen LogP contribution in [0.2, 0.25) is 0 Å². The van der Waals surface area contributed by atoms with Crippen molar-refractivity contribution in [1.82, 2.24) is 14.9 Å². The van der Waals surface area contributed by atoms with Gasteiger partial charge in [0.2, 0.25) is 0 Å². The van der Waals surface area contributed by atoms with Crippen LogP contribution in [0.3, 0.4) is 0 Å². The van der Waals surface area contributed by atoms with Gasteiger partial charge in [-0.25, -0.2) is 4.98 Å². The van der Waals surface area contributed by atoms with Crippen molar-refractivity contribution in [2.75, 3.05) is 6.54 Å². The number of aromatic nitrogens is 2. The standard InChI is InChI=1S/C19H19N3OS/c23-19-15-7-8-22(11-16(15)20-18(21-19)12-5-6-12)10-14-9-13-3-1-2-4-17(13)24-14/h1-4,9,12H,5-8,10-11H2,(H,20,21,23). The largest absolute Gasteiger partial charge is 0.310 e. The van der Waals surface area contributed by atoms with E-state index in [1.54, 1.807) is 0 Å². The van der Waals surface area contributed by atoms with Crippen molar-refractivity contribution in [3.8, 4) is 0 Å². The first-order valence-corrected chi connectivity index (χ1v) is 9.40. The number of rotatable bonds is 3. The second-order valence-corrected chi connectivity index (χ2v) is 8.03. The zero-order valence-corrected chi connectivity index (χ0v) is 14.2. The SMILES string of the molecule is O=c1[nH]c(C2CC2)nc2c1CCN(Cc1cc3ccccc3s1)C2. The highest BCUT2D eigenvalue weighted by atomic mass is 32.1. The Morgan fingerprint density at radius 1 is 1.29 bits per heavy atom. The number of hydrogen-bond donors (Lipinski definition) is 1. The predicted molar refractivity (Wildman–Crippen MR) is 96.5 cm³/mol. The summed E-state index contributed by atoms with van der Waals surface area (Å²) in [6, 6.07) is 10.8. The molecule has 1 fully saturated rings. The van der Waals surface area contributed by atoms with Crippen molar-refractivity contribution in [2.24, 2.45) is 0 Å². The van der Waals surface area contributed by atoms with E-state index < -0.39 is 0 Å². The molecule has 5 rings (SSSR count). The van der Waals surface area contributed by atoms with Gasteiger partial charge in [0.05, 0.1) is 5.69 Å². The zero-order valence-electron chi connectivity index (χ0n) is 13.4. The molecule has 1 saturated carbocycles. The first-order chi connectivity index (χ1) is 11.8. The van der Waals surface area contributed by atoms with Gasteiger partial charge in [-0.05, 0) is 36.8 Å².